The van der Waals surface area contributed by atoms with Crippen molar-refractivity contribution in [3.05, 3.63) is 52.4 Å². The quantitative estimate of drug-likeness (QED) is 0.900. The number of hydrogen-bond acceptors (Lipinski definition) is 4. The molecule has 0 aliphatic heterocycles. The topological polar surface area (TPSA) is 52.9 Å². The van der Waals surface area contributed by atoms with Crippen LogP contribution < -0.4 is 5.32 Å². The van der Waals surface area contributed by atoms with Crippen LogP contribution in [0.3, 0.4) is 0 Å². The predicted octanol–water partition coefficient (Wildman–Crippen LogP) is 4.19. The summed E-state index contributed by atoms with van der Waals surface area (Å²) in [5, 5.41) is 14.0. The molecule has 1 aromatic carbocycles. The van der Waals surface area contributed by atoms with Crippen molar-refractivity contribution in [3.8, 4) is 6.07 Å². The summed E-state index contributed by atoms with van der Waals surface area (Å²) in [4.78, 5) is 12.2. The van der Waals surface area contributed by atoms with E-state index in [1.165, 1.54) is 22.5 Å². The van der Waals surface area contributed by atoms with Crippen LogP contribution in [-0.4, -0.2) is 11.2 Å². The first-order valence-electron chi connectivity index (χ1n) is 6.56. The van der Waals surface area contributed by atoms with Crippen LogP contribution in [0.1, 0.15) is 23.6 Å². The molecule has 1 N–H and O–H groups in total. The molecular weight excluding hydrogens is 300 g/mol. The number of thiophene rings is 1. The number of nitriles is 1. The highest BCUT2D eigenvalue weighted by molar-refractivity contribution is 7.99. The minimum absolute atomic E-state index is 0.0625. The highest BCUT2D eigenvalue weighted by Crippen LogP contribution is 2.25. The number of carbonyl (C=O) groups is 1. The summed E-state index contributed by atoms with van der Waals surface area (Å²) in [6, 6.07) is 12.0. The molecule has 0 unspecified atom stereocenters. The van der Waals surface area contributed by atoms with E-state index < -0.39 is 0 Å². The molecule has 1 aromatic heterocycles. The van der Waals surface area contributed by atoms with Crippen LogP contribution in [0.2, 0.25) is 0 Å². The lowest BCUT2D eigenvalue weighted by Crippen LogP contribution is -2.22. The Hall–Kier alpha value is -1.77. The largest absolute Gasteiger partial charge is 0.316 e. The second-order valence-corrected chi connectivity index (χ2v) is 6.89. The molecule has 0 saturated carbocycles. The zero-order chi connectivity index (χ0) is 15.2. The molecule has 1 atom stereocenters. The second kappa shape index (κ2) is 7.30. The summed E-state index contributed by atoms with van der Waals surface area (Å²) >= 11 is 2.97. The number of carbonyl (C=O) groups excluding carboxylic acids is 1. The van der Waals surface area contributed by atoms with E-state index in [1.54, 1.807) is 23.2 Å². The van der Waals surface area contributed by atoms with Crippen LogP contribution in [0.25, 0.3) is 0 Å². The number of aryl methyl sites for hydroxylation is 1. The molecule has 2 aromatic rings. The van der Waals surface area contributed by atoms with Gasteiger partial charge in [0.25, 0.3) is 0 Å². The molecule has 108 valence electrons. The molecule has 5 heteroatoms. The molecule has 1 heterocycles. The number of nitrogens with zero attached hydrogens (tertiary/aromatic N) is 1. The standard InChI is InChI=1S/C16H16N2OS2/c1-11-5-3-4-6-14(11)10-21-12(2)15(19)18-16-13(9-17)7-8-20-16/h3-8,12H,10H2,1-2H3,(H,18,19)/t12-/m0/s1. The Morgan fingerprint density at radius 1 is 1.43 bits per heavy atom. The monoisotopic (exact) mass is 316 g/mol. The third kappa shape index (κ3) is 4.10. The van der Waals surface area contributed by atoms with Gasteiger partial charge in [-0.2, -0.15) is 5.26 Å². The van der Waals surface area contributed by atoms with Crippen LogP contribution in [0, 0.1) is 18.3 Å². The summed E-state index contributed by atoms with van der Waals surface area (Å²) < 4.78 is 0. The minimum Gasteiger partial charge on any atom is -0.316 e. The van der Waals surface area contributed by atoms with Crippen molar-refractivity contribution in [2.24, 2.45) is 0 Å². The summed E-state index contributed by atoms with van der Waals surface area (Å²) in [6.45, 7) is 3.96. The molecule has 0 aliphatic carbocycles. The fourth-order valence-corrected chi connectivity index (χ4v) is 3.47. The summed E-state index contributed by atoms with van der Waals surface area (Å²) in [7, 11) is 0. The van der Waals surface area contributed by atoms with Gasteiger partial charge in [0.1, 0.15) is 11.1 Å². The van der Waals surface area contributed by atoms with E-state index in [0.717, 1.165) is 5.75 Å². The van der Waals surface area contributed by atoms with E-state index in [-0.39, 0.29) is 11.2 Å². The SMILES string of the molecule is Cc1ccccc1CS[C@@H](C)C(=O)Nc1sccc1C#N. The van der Waals surface area contributed by atoms with Gasteiger partial charge in [0, 0.05) is 5.75 Å². The van der Waals surface area contributed by atoms with E-state index in [2.05, 4.69) is 30.4 Å². The maximum absolute atomic E-state index is 12.2. The molecule has 0 aliphatic rings. The normalized spacial score (nSPS) is 11.7. The van der Waals surface area contributed by atoms with Crippen LogP contribution in [0.5, 0.6) is 0 Å². The van der Waals surface area contributed by atoms with Crippen molar-refractivity contribution in [1.29, 1.82) is 5.26 Å². The highest BCUT2D eigenvalue weighted by Gasteiger charge is 2.16. The molecule has 2 rings (SSSR count). The number of rotatable bonds is 5. The first kappa shape index (κ1) is 15.6. The first-order chi connectivity index (χ1) is 10.1. The van der Waals surface area contributed by atoms with Crippen molar-refractivity contribution >= 4 is 34.0 Å². The molecule has 0 spiro atoms. The average Bonchev–Trinajstić information content (AvgIpc) is 2.93. The lowest BCUT2D eigenvalue weighted by molar-refractivity contribution is -0.115. The van der Waals surface area contributed by atoms with Gasteiger partial charge < -0.3 is 5.32 Å². The fraction of sp³-hybridized carbons (Fsp3) is 0.250. The van der Waals surface area contributed by atoms with Gasteiger partial charge in [-0.3, -0.25) is 4.79 Å². The van der Waals surface area contributed by atoms with Gasteiger partial charge >= 0.3 is 0 Å². The van der Waals surface area contributed by atoms with Crippen LogP contribution in [-0.2, 0) is 10.5 Å². The highest BCUT2D eigenvalue weighted by atomic mass is 32.2. The number of hydrogen-bond donors (Lipinski definition) is 1. The maximum atomic E-state index is 12.2. The van der Waals surface area contributed by atoms with Gasteiger partial charge in [-0.25, -0.2) is 0 Å². The molecule has 21 heavy (non-hydrogen) atoms. The van der Waals surface area contributed by atoms with E-state index in [1.807, 2.05) is 19.1 Å². The van der Waals surface area contributed by atoms with Crippen molar-refractivity contribution < 1.29 is 4.79 Å². The fourth-order valence-electron chi connectivity index (χ4n) is 1.77. The Labute approximate surface area is 133 Å². The zero-order valence-electron chi connectivity index (χ0n) is 11.9. The smallest absolute Gasteiger partial charge is 0.237 e. The van der Waals surface area contributed by atoms with Gasteiger partial charge in [0.2, 0.25) is 5.91 Å². The average molecular weight is 316 g/mol. The molecule has 0 bridgehead atoms. The number of amides is 1. The third-order valence-electron chi connectivity index (χ3n) is 3.14. The molecular formula is C16H16N2OS2. The van der Waals surface area contributed by atoms with Crippen molar-refractivity contribution in [2.45, 2.75) is 24.9 Å². The third-order valence-corrected chi connectivity index (χ3v) is 5.16. The van der Waals surface area contributed by atoms with Gasteiger partial charge in [-0.1, -0.05) is 24.3 Å². The number of benzene rings is 1. The molecule has 1 amide bonds. The Balaban J connectivity index is 1.92. The lowest BCUT2D eigenvalue weighted by Gasteiger charge is -2.12. The predicted molar refractivity (Wildman–Crippen MR) is 89.6 cm³/mol. The molecule has 0 fully saturated rings. The first-order valence-corrected chi connectivity index (χ1v) is 8.49. The van der Waals surface area contributed by atoms with E-state index >= 15 is 0 Å². The van der Waals surface area contributed by atoms with Gasteiger partial charge in [0.15, 0.2) is 0 Å². The van der Waals surface area contributed by atoms with Crippen molar-refractivity contribution in [1.82, 2.24) is 0 Å². The lowest BCUT2D eigenvalue weighted by atomic mass is 10.1. The van der Waals surface area contributed by atoms with Crippen LogP contribution >= 0.6 is 23.1 Å². The minimum atomic E-state index is -0.168. The van der Waals surface area contributed by atoms with Crippen molar-refractivity contribution in [3.63, 3.8) is 0 Å². The number of anilines is 1. The van der Waals surface area contributed by atoms with Gasteiger partial charge in [-0.05, 0) is 36.4 Å². The van der Waals surface area contributed by atoms with Crippen LogP contribution in [0.15, 0.2) is 35.7 Å². The summed E-state index contributed by atoms with van der Waals surface area (Å²) in [5.41, 5.74) is 3.00. The van der Waals surface area contributed by atoms with Gasteiger partial charge in [-0.15, -0.1) is 23.1 Å². The van der Waals surface area contributed by atoms with Crippen molar-refractivity contribution in [2.75, 3.05) is 5.32 Å². The van der Waals surface area contributed by atoms with Crippen LogP contribution in [0.4, 0.5) is 5.00 Å². The van der Waals surface area contributed by atoms with Gasteiger partial charge in [0.05, 0.1) is 10.8 Å². The Morgan fingerprint density at radius 3 is 2.90 bits per heavy atom. The molecule has 0 radical (unpaired) electrons. The Bertz CT molecular complexity index is 673. The Kier molecular flexibility index (Phi) is 5.43. The summed E-state index contributed by atoms with van der Waals surface area (Å²) in [5.74, 6) is 0.740. The van der Waals surface area contributed by atoms with E-state index in [0.29, 0.717) is 10.6 Å². The van der Waals surface area contributed by atoms with E-state index in [9.17, 15) is 4.79 Å². The number of nitrogens with one attached hydrogen (secondary N) is 1. The Morgan fingerprint density at radius 2 is 2.19 bits per heavy atom. The second-order valence-electron chi connectivity index (χ2n) is 4.64. The molecule has 0 saturated heterocycles. The molecule has 3 nitrogen and oxygen atoms in total. The summed E-state index contributed by atoms with van der Waals surface area (Å²) in [6.07, 6.45) is 0. The maximum Gasteiger partial charge on any atom is 0.237 e. The zero-order valence-corrected chi connectivity index (χ0v) is 13.6. The van der Waals surface area contributed by atoms with E-state index in [4.69, 9.17) is 5.26 Å². The number of thioether (sulfide) groups is 1.